The van der Waals surface area contributed by atoms with Crippen LogP contribution in [0, 0.1) is 0 Å². The van der Waals surface area contributed by atoms with Crippen LogP contribution in [0.15, 0.2) is 70.4 Å². The standard InChI is InChI=1S/C29H32N8OS2/c1-5-21(8-9-30-4)36-10-12-37(13-11-36)29(38)25-17-39-28(35-25)22-16-31-27(15-24(22)33-19(2)3)34-20-6-7-23-26(14-20)40-18-32-23/h5-9,14-19H,4,10-13H2,1-3H3,(H2,31,33,34)/b9-8-,21-5-. The average molecular weight is 573 g/mol. The molecule has 206 valence electrons. The van der Waals surface area contributed by atoms with Crippen molar-refractivity contribution in [1.82, 2.24) is 24.8 Å². The number of allylic oxidation sites excluding steroid dienone is 2. The summed E-state index contributed by atoms with van der Waals surface area (Å²) in [5.74, 6) is 0.677. The Balaban J connectivity index is 1.31. The number of nitrogens with zero attached hydrogens (tertiary/aromatic N) is 6. The second-order valence-electron chi connectivity index (χ2n) is 9.60. The Bertz CT molecular complexity index is 1560. The zero-order chi connectivity index (χ0) is 28.1. The lowest BCUT2D eigenvalue weighted by Crippen LogP contribution is -2.48. The van der Waals surface area contributed by atoms with Crippen LogP contribution in [0.4, 0.5) is 17.2 Å². The highest BCUT2D eigenvalue weighted by Crippen LogP contribution is 2.33. The predicted molar refractivity (Wildman–Crippen MR) is 167 cm³/mol. The van der Waals surface area contributed by atoms with Crippen LogP contribution in [0.5, 0.6) is 0 Å². The Morgan fingerprint density at radius 3 is 2.67 bits per heavy atom. The van der Waals surface area contributed by atoms with E-state index in [2.05, 4.69) is 57.1 Å². The van der Waals surface area contributed by atoms with Crippen molar-refractivity contribution in [3.8, 4) is 10.6 Å². The van der Waals surface area contributed by atoms with Crippen LogP contribution in [0.25, 0.3) is 20.8 Å². The molecule has 1 aliphatic rings. The SMILES string of the molecule is C=N/C=C\C(=C\C)N1CCN(C(=O)c2csc(-c3cnc(Nc4ccc5ncsc5c4)cc3NC(C)C)n2)CC1. The second kappa shape index (κ2) is 12.4. The number of pyridine rings is 1. The fraction of sp³-hybridized carbons (Fsp3) is 0.276. The number of carbonyl (C=O) groups is 1. The van der Waals surface area contributed by atoms with Crippen LogP contribution in [0.1, 0.15) is 31.3 Å². The number of fused-ring (bicyclic) bond motifs is 1. The van der Waals surface area contributed by atoms with E-state index in [4.69, 9.17) is 4.98 Å². The van der Waals surface area contributed by atoms with E-state index in [1.807, 2.05) is 59.3 Å². The van der Waals surface area contributed by atoms with Gasteiger partial charge in [-0.1, -0.05) is 6.08 Å². The van der Waals surface area contributed by atoms with Gasteiger partial charge in [0.15, 0.2) is 0 Å². The largest absolute Gasteiger partial charge is 0.382 e. The Kier molecular flexibility index (Phi) is 8.51. The summed E-state index contributed by atoms with van der Waals surface area (Å²) in [6.45, 7) is 12.4. The molecule has 1 aromatic carbocycles. The van der Waals surface area contributed by atoms with Gasteiger partial charge in [-0.15, -0.1) is 22.7 Å². The average Bonchev–Trinajstić information content (AvgIpc) is 3.63. The van der Waals surface area contributed by atoms with Crippen LogP contribution in [0.2, 0.25) is 0 Å². The summed E-state index contributed by atoms with van der Waals surface area (Å²) in [5.41, 5.74) is 7.10. The van der Waals surface area contributed by atoms with E-state index in [9.17, 15) is 4.79 Å². The molecule has 0 aliphatic carbocycles. The molecule has 0 atom stereocenters. The third-order valence-electron chi connectivity index (χ3n) is 6.48. The number of amides is 1. The van der Waals surface area contributed by atoms with Crippen molar-refractivity contribution in [3.63, 3.8) is 0 Å². The molecule has 0 bridgehead atoms. The first-order chi connectivity index (χ1) is 19.4. The quantitative estimate of drug-likeness (QED) is 0.181. The zero-order valence-corrected chi connectivity index (χ0v) is 24.4. The van der Waals surface area contributed by atoms with E-state index < -0.39 is 0 Å². The highest BCUT2D eigenvalue weighted by Gasteiger charge is 2.25. The minimum Gasteiger partial charge on any atom is -0.382 e. The van der Waals surface area contributed by atoms with E-state index in [1.54, 1.807) is 17.5 Å². The maximum Gasteiger partial charge on any atom is 0.273 e. The van der Waals surface area contributed by atoms with E-state index >= 15 is 0 Å². The zero-order valence-electron chi connectivity index (χ0n) is 22.8. The maximum atomic E-state index is 13.3. The summed E-state index contributed by atoms with van der Waals surface area (Å²) >= 11 is 3.07. The first-order valence-corrected chi connectivity index (χ1v) is 14.9. The number of aliphatic imine (C=N–C) groups is 1. The monoisotopic (exact) mass is 572 g/mol. The van der Waals surface area contributed by atoms with Gasteiger partial charge in [-0.3, -0.25) is 9.79 Å². The van der Waals surface area contributed by atoms with Crippen LogP contribution in [-0.2, 0) is 0 Å². The lowest BCUT2D eigenvalue weighted by molar-refractivity contribution is 0.0667. The van der Waals surface area contributed by atoms with Gasteiger partial charge in [0.25, 0.3) is 5.91 Å². The fourth-order valence-corrected chi connectivity index (χ4v) is 6.08. The molecule has 1 saturated heterocycles. The van der Waals surface area contributed by atoms with Crippen molar-refractivity contribution >= 4 is 62.7 Å². The summed E-state index contributed by atoms with van der Waals surface area (Å²) in [4.78, 5) is 35.0. The van der Waals surface area contributed by atoms with Crippen LogP contribution in [0.3, 0.4) is 0 Å². The highest BCUT2D eigenvalue weighted by atomic mass is 32.1. The van der Waals surface area contributed by atoms with Gasteiger partial charge in [0.05, 0.1) is 21.3 Å². The number of hydrogen-bond donors (Lipinski definition) is 2. The highest BCUT2D eigenvalue weighted by molar-refractivity contribution is 7.16. The van der Waals surface area contributed by atoms with Gasteiger partial charge in [0.1, 0.15) is 16.5 Å². The number of aromatic nitrogens is 3. The third-order valence-corrected chi connectivity index (χ3v) is 8.15. The van der Waals surface area contributed by atoms with Crippen molar-refractivity contribution in [2.24, 2.45) is 4.99 Å². The van der Waals surface area contributed by atoms with Crippen molar-refractivity contribution in [2.45, 2.75) is 26.8 Å². The number of rotatable bonds is 9. The molecule has 0 unspecified atom stereocenters. The van der Waals surface area contributed by atoms with Crippen molar-refractivity contribution in [1.29, 1.82) is 0 Å². The number of piperazine rings is 1. The van der Waals surface area contributed by atoms with Crippen molar-refractivity contribution in [2.75, 3.05) is 36.8 Å². The number of carbonyl (C=O) groups excluding carboxylic acids is 1. The topological polar surface area (TPSA) is 98.6 Å². The third kappa shape index (κ3) is 6.21. The number of hydrogen-bond acceptors (Lipinski definition) is 10. The summed E-state index contributed by atoms with van der Waals surface area (Å²) in [6.07, 6.45) is 7.48. The fourth-order valence-electron chi connectivity index (χ4n) is 4.54. The summed E-state index contributed by atoms with van der Waals surface area (Å²) in [6, 6.07) is 8.27. The normalized spacial score (nSPS) is 14.3. The van der Waals surface area contributed by atoms with Gasteiger partial charge in [0.2, 0.25) is 0 Å². The van der Waals surface area contributed by atoms with Crippen LogP contribution < -0.4 is 10.6 Å². The Morgan fingerprint density at radius 2 is 1.93 bits per heavy atom. The Hall–Kier alpha value is -4.09. The molecule has 11 heteroatoms. The first kappa shape index (κ1) is 27.5. The first-order valence-electron chi connectivity index (χ1n) is 13.1. The number of thiazole rings is 2. The summed E-state index contributed by atoms with van der Waals surface area (Å²) < 4.78 is 1.12. The molecule has 1 amide bonds. The van der Waals surface area contributed by atoms with E-state index in [0.717, 1.165) is 56.8 Å². The van der Waals surface area contributed by atoms with E-state index in [0.29, 0.717) is 18.8 Å². The van der Waals surface area contributed by atoms with Gasteiger partial charge in [0, 0.05) is 73.1 Å². The minimum atomic E-state index is -0.0458. The lowest BCUT2D eigenvalue weighted by atomic mass is 10.2. The second-order valence-corrected chi connectivity index (χ2v) is 11.3. The summed E-state index contributed by atoms with van der Waals surface area (Å²) in [5, 5.41) is 9.52. The Morgan fingerprint density at radius 1 is 1.12 bits per heavy atom. The molecule has 0 radical (unpaired) electrons. The van der Waals surface area contributed by atoms with Crippen molar-refractivity contribution in [3.05, 3.63) is 71.1 Å². The van der Waals surface area contributed by atoms with E-state index in [-0.39, 0.29) is 11.9 Å². The van der Waals surface area contributed by atoms with E-state index in [1.165, 1.54) is 11.3 Å². The smallest absolute Gasteiger partial charge is 0.273 e. The maximum absolute atomic E-state index is 13.3. The molecule has 4 heterocycles. The molecule has 0 spiro atoms. The molecule has 5 rings (SSSR count). The van der Waals surface area contributed by atoms with Crippen molar-refractivity contribution < 1.29 is 4.79 Å². The molecule has 1 fully saturated rings. The Labute approximate surface area is 242 Å². The lowest BCUT2D eigenvalue weighted by Gasteiger charge is -2.36. The molecule has 2 N–H and O–H groups in total. The molecular weight excluding hydrogens is 541 g/mol. The molecule has 4 aromatic rings. The number of benzene rings is 1. The van der Waals surface area contributed by atoms with Gasteiger partial charge in [-0.05, 0) is 51.8 Å². The minimum absolute atomic E-state index is 0.0458. The molecule has 0 saturated carbocycles. The molecular formula is C29H32N8OS2. The number of anilines is 3. The molecule has 40 heavy (non-hydrogen) atoms. The summed E-state index contributed by atoms with van der Waals surface area (Å²) in [7, 11) is 0. The van der Waals surface area contributed by atoms with Crippen LogP contribution in [-0.4, -0.2) is 69.6 Å². The molecule has 3 aromatic heterocycles. The predicted octanol–water partition coefficient (Wildman–Crippen LogP) is 6.25. The molecule has 1 aliphatic heterocycles. The number of nitrogens with one attached hydrogen (secondary N) is 2. The van der Waals surface area contributed by atoms with Gasteiger partial charge < -0.3 is 20.4 Å². The van der Waals surface area contributed by atoms with Gasteiger partial charge in [-0.25, -0.2) is 15.0 Å². The molecule has 9 nitrogen and oxygen atoms in total. The van der Waals surface area contributed by atoms with Gasteiger partial charge in [-0.2, -0.15) is 0 Å². The van der Waals surface area contributed by atoms with Gasteiger partial charge >= 0.3 is 0 Å². The van der Waals surface area contributed by atoms with Crippen LogP contribution >= 0.6 is 22.7 Å².